The monoisotopic (exact) mass is 487 g/mol. The highest BCUT2D eigenvalue weighted by molar-refractivity contribution is 9.10. The van der Waals surface area contributed by atoms with Crippen molar-refractivity contribution in [2.45, 2.75) is 47.0 Å². The van der Waals surface area contributed by atoms with Crippen molar-refractivity contribution in [2.75, 3.05) is 18.0 Å². The van der Waals surface area contributed by atoms with Crippen LogP contribution in [0.4, 0.5) is 5.82 Å². The Balaban J connectivity index is 1.79. The number of aryl methyl sites for hydroxylation is 4. The van der Waals surface area contributed by atoms with Gasteiger partial charge in [0.1, 0.15) is 11.6 Å². The van der Waals surface area contributed by atoms with Gasteiger partial charge in [0.2, 0.25) is 0 Å². The third-order valence-corrected chi connectivity index (χ3v) is 7.48. The third-order valence-electron chi connectivity index (χ3n) is 5.93. The van der Waals surface area contributed by atoms with E-state index in [1.165, 1.54) is 27.1 Å². The van der Waals surface area contributed by atoms with E-state index in [4.69, 9.17) is 15.1 Å². The van der Waals surface area contributed by atoms with Crippen molar-refractivity contribution in [1.29, 1.82) is 0 Å². The maximum atomic E-state index is 11.1. The Kier molecular flexibility index (Phi) is 5.86. The predicted molar refractivity (Wildman–Crippen MR) is 127 cm³/mol. The number of carboxylic acids is 1. The lowest BCUT2D eigenvalue weighted by atomic mass is 9.93. The number of aromatic nitrogens is 2. The summed E-state index contributed by atoms with van der Waals surface area (Å²) in [4.78, 5) is 24.3. The highest BCUT2D eigenvalue weighted by Crippen LogP contribution is 2.44. The van der Waals surface area contributed by atoms with E-state index in [9.17, 15) is 4.79 Å². The van der Waals surface area contributed by atoms with Crippen molar-refractivity contribution in [2.24, 2.45) is 5.92 Å². The minimum atomic E-state index is -0.701. The van der Waals surface area contributed by atoms with Gasteiger partial charge >= 0.3 is 5.97 Å². The summed E-state index contributed by atoms with van der Waals surface area (Å²) in [6.07, 6.45) is 2.04. The van der Waals surface area contributed by atoms with Crippen LogP contribution in [0.1, 0.15) is 41.1 Å². The van der Waals surface area contributed by atoms with E-state index in [2.05, 4.69) is 53.7 Å². The molecular weight excluding hydrogens is 462 g/mol. The summed E-state index contributed by atoms with van der Waals surface area (Å²) in [6.45, 7) is 10.1. The normalized spacial score (nSPS) is 15.2. The second kappa shape index (κ2) is 8.27. The van der Waals surface area contributed by atoms with E-state index in [1.54, 1.807) is 11.3 Å². The quantitative estimate of drug-likeness (QED) is 0.485. The molecule has 158 valence electrons. The first kappa shape index (κ1) is 21.2. The number of thiophene rings is 1. The molecule has 5 nitrogen and oxygen atoms in total. The van der Waals surface area contributed by atoms with E-state index in [1.807, 2.05) is 6.92 Å². The molecule has 2 aromatic heterocycles. The molecule has 0 atom stereocenters. The summed E-state index contributed by atoms with van der Waals surface area (Å²) >= 11 is 5.37. The fraction of sp³-hybridized carbons (Fsp3) is 0.435. The van der Waals surface area contributed by atoms with Gasteiger partial charge in [0, 0.05) is 34.4 Å². The number of anilines is 1. The Morgan fingerprint density at radius 1 is 1.13 bits per heavy atom. The molecule has 4 rings (SSSR count). The second-order valence-electron chi connectivity index (χ2n) is 8.25. The van der Waals surface area contributed by atoms with E-state index < -0.39 is 5.97 Å². The molecule has 0 spiro atoms. The van der Waals surface area contributed by atoms with Crippen LogP contribution in [0.25, 0.3) is 21.3 Å². The number of fused-ring (bicyclic) bond motifs is 1. The van der Waals surface area contributed by atoms with Crippen LogP contribution >= 0.6 is 27.3 Å². The fourth-order valence-corrected chi connectivity index (χ4v) is 6.40. The number of benzene rings is 1. The molecule has 0 aliphatic carbocycles. The molecule has 0 saturated carbocycles. The molecule has 1 aromatic carbocycles. The van der Waals surface area contributed by atoms with E-state index >= 15 is 0 Å². The number of hydrogen-bond acceptors (Lipinski definition) is 5. The van der Waals surface area contributed by atoms with Gasteiger partial charge in [0.25, 0.3) is 0 Å². The summed E-state index contributed by atoms with van der Waals surface area (Å²) in [6, 6.07) is 4.32. The van der Waals surface area contributed by atoms with Gasteiger partial charge in [-0.25, -0.2) is 9.97 Å². The number of carboxylic acid groups (broad SMARTS) is 1. The molecule has 0 radical (unpaired) electrons. The minimum absolute atomic E-state index is 0.255. The number of hydrogen-bond donors (Lipinski definition) is 1. The molecule has 30 heavy (non-hydrogen) atoms. The van der Waals surface area contributed by atoms with Crippen molar-refractivity contribution in [3.8, 4) is 11.1 Å². The molecule has 1 saturated heterocycles. The smallest absolute Gasteiger partial charge is 0.303 e. The van der Waals surface area contributed by atoms with Crippen molar-refractivity contribution in [3.05, 3.63) is 38.4 Å². The van der Waals surface area contributed by atoms with Gasteiger partial charge in [-0.15, -0.1) is 11.3 Å². The molecule has 3 aromatic rings. The molecule has 1 aliphatic rings. The minimum Gasteiger partial charge on any atom is -0.481 e. The van der Waals surface area contributed by atoms with Gasteiger partial charge in [-0.2, -0.15) is 0 Å². The fourth-order valence-electron chi connectivity index (χ4n) is 4.59. The number of rotatable bonds is 4. The van der Waals surface area contributed by atoms with Crippen LogP contribution in [0.15, 0.2) is 16.6 Å². The summed E-state index contributed by atoms with van der Waals surface area (Å²) in [7, 11) is 0. The van der Waals surface area contributed by atoms with Gasteiger partial charge in [0.05, 0.1) is 10.2 Å². The van der Waals surface area contributed by atoms with Crippen LogP contribution in [0.3, 0.4) is 0 Å². The van der Waals surface area contributed by atoms with Crippen molar-refractivity contribution in [1.82, 2.24) is 9.97 Å². The van der Waals surface area contributed by atoms with Crippen molar-refractivity contribution < 1.29 is 9.90 Å². The first-order valence-corrected chi connectivity index (χ1v) is 11.9. The molecule has 0 amide bonds. The van der Waals surface area contributed by atoms with Crippen LogP contribution < -0.4 is 4.90 Å². The molecular formula is C23H26BrN3O2S. The molecule has 1 fully saturated rings. The van der Waals surface area contributed by atoms with E-state index in [0.717, 1.165) is 52.3 Å². The molecule has 3 heterocycles. The number of carbonyl (C=O) groups is 1. The summed E-state index contributed by atoms with van der Waals surface area (Å²) < 4.78 is 2.22. The summed E-state index contributed by atoms with van der Waals surface area (Å²) in [5, 5.41) is 9.09. The first-order valence-electron chi connectivity index (χ1n) is 10.3. The van der Waals surface area contributed by atoms with Crippen LogP contribution in [-0.4, -0.2) is 34.1 Å². The maximum absolute atomic E-state index is 11.1. The lowest BCUT2D eigenvalue weighted by molar-refractivity contribution is -0.138. The number of nitrogens with zero attached hydrogens (tertiary/aromatic N) is 3. The van der Waals surface area contributed by atoms with Gasteiger partial charge in [-0.3, -0.25) is 4.79 Å². The average molecular weight is 488 g/mol. The van der Waals surface area contributed by atoms with Gasteiger partial charge in [0.15, 0.2) is 0 Å². The predicted octanol–water partition coefficient (Wildman–Crippen LogP) is 6.05. The van der Waals surface area contributed by atoms with Gasteiger partial charge < -0.3 is 10.0 Å². The summed E-state index contributed by atoms with van der Waals surface area (Å²) in [5.41, 5.74) is 5.96. The molecule has 1 aliphatic heterocycles. The Morgan fingerprint density at radius 2 is 1.77 bits per heavy atom. The molecule has 0 bridgehead atoms. The Hall–Kier alpha value is -1.99. The largest absolute Gasteiger partial charge is 0.481 e. The number of piperidine rings is 1. The van der Waals surface area contributed by atoms with Crippen LogP contribution in [0, 0.1) is 33.6 Å². The Morgan fingerprint density at radius 3 is 2.37 bits per heavy atom. The zero-order valence-corrected chi connectivity index (χ0v) is 20.2. The second-order valence-corrected chi connectivity index (χ2v) is 10.4. The summed E-state index contributed by atoms with van der Waals surface area (Å²) in [5.74, 6) is 1.33. The Labute approximate surface area is 189 Å². The maximum Gasteiger partial charge on any atom is 0.303 e. The lowest BCUT2D eigenvalue weighted by Crippen LogP contribution is -2.35. The number of halogens is 1. The van der Waals surface area contributed by atoms with E-state index in [0.29, 0.717) is 0 Å². The SMILES string of the molecule is Cc1nc(N2CCC(CC(=O)O)CC2)c2sc(C)c(-c3c(C)cc(Br)cc3C)c2n1. The van der Waals surface area contributed by atoms with Crippen LogP contribution in [0.5, 0.6) is 0 Å². The van der Waals surface area contributed by atoms with Crippen molar-refractivity contribution >= 4 is 49.3 Å². The molecule has 1 N–H and O–H groups in total. The van der Waals surface area contributed by atoms with Crippen LogP contribution in [-0.2, 0) is 4.79 Å². The highest BCUT2D eigenvalue weighted by atomic mass is 79.9. The average Bonchev–Trinajstić information content (AvgIpc) is 2.97. The highest BCUT2D eigenvalue weighted by Gasteiger charge is 2.26. The molecule has 7 heteroatoms. The standard InChI is InChI=1S/C23H26BrN3O2S/c1-12-9-17(24)10-13(2)19(12)20-14(3)30-22-21(20)25-15(4)26-23(22)27-7-5-16(6-8-27)11-18(28)29/h9-10,16H,5-8,11H2,1-4H3,(H,28,29). The third kappa shape index (κ3) is 3.97. The first-order chi connectivity index (χ1) is 14.2. The topological polar surface area (TPSA) is 66.3 Å². The Bertz CT molecular complexity index is 1110. The lowest BCUT2D eigenvalue weighted by Gasteiger charge is -2.32. The zero-order chi connectivity index (χ0) is 21.6. The number of aliphatic carboxylic acids is 1. The van der Waals surface area contributed by atoms with Gasteiger partial charge in [-0.05, 0) is 75.3 Å². The van der Waals surface area contributed by atoms with Crippen molar-refractivity contribution in [3.63, 3.8) is 0 Å². The van der Waals surface area contributed by atoms with Gasteiger partial charge in [-0.1, -0.05) is 15.9 Å². The molecule has 0 unspecified atom stereocenters. The van der Waals surface area contributed by atoms with Crippen LogP contribution in [0.2, 0.25) is 0 Å². The van der Waals surface area contributed by atoms with E-state index in [-0.39, 0.29) is 12.3 Å². The zero-order valence-electron chi connectivity index (χ0n) is 17.8.